The van der Waals surface area contributed by atoms with Crippen LogP contribution in [0.4, 0.5) is 36.7 Å². The summed E-state index contributed by atoms with van der Waals surface area (Å²) >= 11 is 0. The van der Waals surface area contributed by atoms with Gasteiger partial charge in [-0.1, -0.05) is 12.1 Å². The lowest BCUT2D eigenvalue weighted by molar-refractivity contribution is -0.136. The molecule has 6 nitrogen and oxygen atoms in total. The average molecular weight is 284 g/mol. The van der Waals surface area contributed by atoms with Crippen molar-refractivity contribution < 1.29 is 13.2 Å². The number of nitrogens with one attached hydrogen (secondary N) is 2. The molecule has 0 saturated heterocycles. The molecule has 0 aliphatic rings. The van der Waals surface area contributed by atoms with Crippen molar-refractivity contribution in [3.63, 3.8) is 0 Å². The van der Waals surface area contributed by atoms with Gasteiger partial charge in [-0.25, -0.2) is 0 Å². The number of halogens is 3. The Morgan fingerprint density at radius 1 is 1.05 bits per heavy atom. The summed E-state index contributed by atoms with van der Waals surface area (Å²) in [6.45, 7) is 0. The Bertz CT molecular complexity index is 613. The SMILES string of the molecule is CNc1nc(N)nc(Nc2ccccc2C(F)(F)F)n1. The summed E-state index contributed by atoms with van der Waals surface area (Å²) in [6, 6.07) is 5.02. The number of nitrogen functional groups attached to an aromatic ring is 1. The van der Waals surface area contributed by atoms with E-state index in [0.717, 1.165) is 6.07 Å². The molecule has 1 heterocycles. The highest BCUT2D eigenvalue weighted by molar-refractivity contribution is 5.60. The Hall–Kier alpha value is -2.58. The van der Waals surface area contributed by atoms with E-state index in [1.165, 1.54) is 18.2 Å². The highest BCUT2D eigenvalue weighted by Gasteiger charge is 2.33. The van der Waals surface area contributed by atoms with Crippen LogP contribution in [0.2, 0.25) is 0 Å². The number of anilines is 4. The number of nitrogens with two attached hydrogens (primary N) is 1. The summed E-state index contributed by atoms with van der Waals surface area (Å²) in [5.74, 6) is -0.0145. The molecule has 0 aliphatic carbocycles. The lowest BCUT2D eigenvalue weighted by Crippen LogP contribution is -2.11. The number of nitrogens with zero attached hydrogens (tertiary/aromatic N) is 3. The number of para-hydroxylation sites is 1. The first-order chi connectivity index (χ1) is 9.40. The standard InChI is InChI=1S/C11H11F3N6/c1-16-9-18-8(15)19-10(20-9)17-7-5-3-2-4-6(7)11(12,13)14/h2-5H,1H3,(H4,15,16,17,18,19,20). The van der Waals surface area contributed by atoms with Crippen LogP contribution in [0.3, 0.4) is 0 Å². The van der Waals surface area contributed by atoms with Crippen LogP contribution in [-0.4, -0.2) is 22.0 Å². The van der Waals surface area contributed by atoms with Crippen molar-refractivity contribution in [1.29, 1.82) is 0 Å². The Kier molecular flexibility index (Phi) is 3.59. The van der Waals surface area contributed by atoms with E-state index in [1.807, 2.05) is 0 Å². The molecule has 9 heteroatoms. The van der Waals surface area contributed by atoms with Gasteiger partial charge in [-0.2, -0.15) is 28.1 Å². The molecule has 0 aliphatic heterocycles. The lowest BCUT2D eigenvalue weighted by atomic mass is 10.1. The number of aromatic nitrogens is 3. The minimum Gasteiger partial charge on any atom is -0.368 e. The van der Waals surface area contributed by atoms with Gasteiger partial charge in [0.25, 0.3) is 0 Å². The van der Waals surface area contributed by atoms with Crippen LogP contribution < -0.4 is 16.4 Å². The molecule has 106 valence electrons. The molecule has 20 heavy (non-hydrogen) atoms. The average Bonchev–Trinajstić information content (AvgIpc) is 2.37. The molecule has 0 saturated carbocycles. The van der Waals surface area contributed by atoms with Gasteiger partial charge in [0.15, 0.2) is 0 Å². The first-order valence-electron chi connectivity index (χ1n) is 5.52. The maximum atomic E-state index is 12.8. The van der Waals surface area contributed by atoms with Gasteiger partial charge >= 0.3 is 6.18 Å². The van der Waals surface area contributed by atoms with Crippen molar-refractivity contribution in [2.75, 3.05) is 23.4 Å². The zero-order valence-electron chi connectivity index (χ0n) is 10.4. The minimum absolute atomic E-state index is 0.0708. The third-order valence-corrected chi connectivity index (χ3v) is 2.36. The van der Waals surface area contributed by atoms with Crippen molar-refractivity contribution in [3.8, 4) is 0 Å². The fourth-order valence-electron chi connectivity index (χ4n) is 1.52. The van der Waals surface area contributed by atoms with Gasteiger partial charge in [-0.3, -0.25) is 0 Å². The van der Waals surface area contributed by atoms with Crippen LogP contribution in [0.1, 0.15) is 5.56 Å². The molecule has 4 N–H and O–H groups in total. The predicted molar refractivity (Wildman–Crippen MR) is 68.5 cm³/mol. The maximum Gasteiger partial charge on any atom is 0.418 e. The lowest BCUT2D eigenvalue weighted by Gasteiger charge is -2.13. The third-order valence-electron chi connectivity index (χ3n) is 2.36. The van der Waals surface area contributed by atoms with E-state index in [0.29, 0.717) is 0 Å². The van der Waals surface area contributed by atoms with Crippen molar-refractivity contribution in [3.05, 3.63) is 29.8 Å². The second-order valence-electron chi connectivity index (χ2n) is 3.76. The molecular formula is C11H11F3N6. The van der Waals surface area contributed by atoms with Gasteiger partial charge in [0.1, 0.15) is 0 Å². The number of hydrogen-bond donors (Lipinski definition) is 3. The van der Waals surface area contributed by atoms with E-state index >= 15 is 0 Å². The van der Waals surface area contributed by atoms with Gasteiger partial charge < -0.3 is 16.4 Å². The first kappa shape index (κ1) is 13.8. The summed E-state index contributed by atoms with van der Waals surface area (Å²) in [5, 5.41) is 5.13. The van der Waals surface area contributed by atoms with E-state index in [4.69, 9.17) is 5.73 Å². The second kappa shape index (κ2) is 5.19. The number of benzene rings is 1. The van der Waals surface area contributed by atoms with Crippen LogP contribution in [0.25, 0.3) is 0 Å². The van der Waals surface area contributed by atoms with Gasteiger partial charge in [0.2, 0.25) is 17.8 Å². The Morgan fingerprint density at radius 3 is 2.35 bits per heavy atom. The zero-order chi connectivity index (χ0) is 14.8. The first-order valence-corrected chi connectivity index (χ1v) is 5.52. The Morgan fingerprint density at radius 2 is 1.70 bits per heavy atom. The van der Waals surface area contributed by atoms with Gasteiger partial charge in [-0.05, 0) is 12.1 Å². The smallest absolute Gasteiger partial charge is 0.368 e. The zero-order valence-corrected chi connectivity index (χ0v) is 10.4. The van der Waals surface area contributed by atoms with E-state index in [-0.39, 0.29) is 23.5 Å². The van der Waals surface area contributed by atoms with E-state index in [9.17, 15) is 13.2 Å². The van der Waals surface area contributed by atoms with Crippen LogP contribution in [0, 0.1) is 0 Å². The molecule has 0 unspecified atom stereocenters. The van der Waals surface area contributed by atoms with Gasteiger partial charge in [0.05, 0.1) is 11.3 Å². The van der Waals surface area contributed by atoms with E-state index < -0.39 is 11.7 Å². The molecule has 2 rings (SSSR count). The van der Waals surface area contributed by atoms with E-state index in [1.54, 1.807) is 7.05 Å². The van der Waals surface area contributed by atoms with Crippen LogP contribution in [-0.2, 0) is 6.18 Å². The van der Waals surface area contributed by atoms with Gasteiger partial charge in [0, 0.05) is 7.05 Å². The summed E-state index contributed by atoms with van der Waals surface area (Å²) in [4.78, 5) is 11.4. The number of hydrogen-bond acceptors (Lipinski definition) is 6. The minimum atomic E-state index is -4.48. The topological polar surface area (TPSA) is 88.8 Å². The molecule has 0 radical (unpaired) electrons. The highest BCUT2D eigenvalue weighted by Crippen LogP contribution is 2.35. The fraction of sp³-hybridized carbons (Fsp3) is 0.182. The largest absolute Gasteiger partial charge is 0.418 e. The number of alkyl halides is 3. The summed E-state index contributed by atoms with van der Waals surface area (Å²) < 4.78 is 38.5. The molecule has 1 aromatic heterocycles. The highest BCUT2D eigenvalue weighted by atomic mass is 19.4. The second-order valence-corrected chi connectivity index (χ2v) is 3.76. The Labute approximate surface area is 112 Å². The van der Waals surface area contributed by atoms with Crippen molar-refractivity contribution in [2.24, 2.45) is 0 Å². The summed E-state index contributed by atoms with van der Waals surface area (Å²) in [5.41, 5.74) is 4.47. The summed E-state index contributed by atoms with van der Waals surface area (Å²) in [6.07, 6.45) is -4.48. The van der Waals surface area contributed by atoms with Gasteiger partial charge in [-0.15, -0.1) is 0 Å². The predicted octanol–water partition coefficient (Wildman–Crippen LogP) is 2.26. The molecule has 1 aromatic carbocycles. The van der Waals surface area contributed by atoms with Crippen molar-refractivity contribution in [2.45, 2.75) is 6.18 Å². The molecule has 0 fully saturated rings. The molecular weight excluding hydrogens is 273 g/mol. The molecule has 0 atom stereocenters. The molecule has 0 amide bonds. The maximum absolute atomic E-state index is 12.8. The van der Waals surface area contributed by atoms with Crippen molar-refractivity contribution in [1.82, 2.24) is 15.0 Å². The van der Waals surface area contributed by atoms with Crippen LogP contribution in [0.5, 0.6) is 0 Å². The van der Waals surface area contributed by atoms with Crippen LogP contribution in [0.15, 0.2) is 24.3 Å². The van der Waals surface area contributed by atoms with Crippen molar-refractivity contribution >= 4 is 23.5 Å². The normalized spacial score (nSPS) is 11.2. The quantitative estimate of drug-likeness (QED) is 0.801. The van der Waals surface area contributed by atoms with Crippen LogP contribution >= 0.6 is 0 Å². The molecule has 0 spiro atoms. The number of rotatable bonds is 3. The van der Waals surface area contributed by atoms with E-state index in [2.05, 4.69) is 25.6 Å². The summed E-state index contributed by atoms with van der Waals surface area (Å²) in [7, 11) is 1.56. The third kappa shape index (κ3) is 3.05. The fourth-order valence-corrected chi connectivity index (χ4v) is 1.52. The Balaban J connectivity index is 2.38. The molecule has 0 bridgehead atoms. The molecule has 2 aromatic rings. The monoisotopic (exact) mass is 284 g/mol.